The fourth-order valence-electron chi connectivity index (χ4n) is 2.47. The summed E-state index contributed by atoms with van der Waals surface area (Å²) < 4.78 is 0. The standard InChI is InChI=1S/C13H21N3/c1-11-4-3-7-16(9-11)10-12-5-2-6-15-13(12)8-14/h2,5-6,11H,3-4,7-10,14H2,1H3. The van der Waals surface area contributed by atoms with Crippen LogP contribution in [-0.2, 0) is 13.1 Å². The van der Waals surface area contributed by atoms with E-state index in [1.54, 1.807) is 0 Å². The Hall–Kier alpha value is -0.930. The van der Waals surface area contributed by atoms with Crippen LogP contribution in [0.2, 0.25) is 0 Å². The lowest BCUT2D eigenvalue weighted by molar-refractivity contribution is 0.176. The van der Waals surface area contributed by atoms with Crippen LogP contribution in [0.3, 0.4) is 0 Å². The molecule has 3 nitrogen and oxygen atoms in total. The van der Waals surface area contributed by atoms with Gasteiger partial charge in [0.05, 0.1) is 5.69 Å². The summed E-state index contributed by atoms with van der Waals surface area (Å²) in [6, 6.07) is 4.15. The normalized spacial score (nSPS) is 22.2. The highest BCUT2D eigenvalue weighted by molar-refractivity contribution is 5.19. The molecule has 0 aromatic carbocycles. The van der Waals surface area contributed by atoms with Crippen LogP contribution in [0, 0.1) is 5.92 Å². The van der Waals surface area contributed by atoms with Crippen molar-refractivity contribution in [2.45, 2.75) is 32.9 Å². The Bertz CT molecular complexity index is 338. The first kappa shape index (κ1) is 11.6. The zero-order valence-corrected chi connectivity index (χ0v) is 10.0. The van der Waals surface area contributed by atoms with Gasteiger partial charge in [-0.2, -0.15) is 0 Å². The second-order valence-electron chi connectivity index (χ2n) is 4.80. The predicted octanol–water partition coefficient (Wildman–Crippen LogP) is 1.77. The van der Waals surface area contributed by atoms with Crippen LogP contribution in [0.4, 0.5) is 0 Å². The van der Waals surface area contributed by atoms with E-state index in [0.717, 1.165) is 18.2 Å². The largest absolute Gasteiger partial charge is 0.325 e. The van der Waals surface area contributed by atoms with E-state index in [4.69, 9.17) is 5.73 Å². The Morgan fingerprint density at radius 1 is 1.56 bits per heavy atom. The Balaban J connectivity index is 2.02. The molecule has 0 saturated carbocycles. The minimum absolute atomic E-state index is 0.541. The van der Waals surface area contributed by atoms with Gasteiger partial charge in [-0.15, -0.1) is 0 Å². The second kappa shape index (κ2) is 5.41. The number of hydrogen-bond acceptors (Lipinski definition) is 3. The maximum Gasteiger partial charge on any atom is 0.0584 e. The maximum absolute atomic E-state index is 5.70. The van der Waals surface area contributed by atoms with E-state index in [1.165, 1.54) is 31.5 Å². The van der Waals surface area contributed by atoms with Crippen molar-refractivity contribution in [3.63, 3.8) is 0 Å². The highest BCUT2D eigenvalue weighted by Gasteiger charge is 2.17. The summed E-state index contributed by atoms with van der Waals surface area (Å²) in [7, 11) is 0. The molecule has 1 aromatic rings. The van der Waals surface area contributed by atoms with Crippen LogP contribution in [0.5, 0.6) is 0 Å². The fraction of sp³-hybridized carbons (Fsp3) is 0.615. The maximum atomic E-state index is 5.70. The third-order valence-electron chi connectivity index (χ3n) is 3.31. The summed E-state index contributed by atoms with van der Waals surface area (Å²) in [6.07, 6.45) is 4.51. The highest BCUT2D eigenvalue weighted by atomic mass is 15.1. The van der Waals surface area contributed by atoms with Gasteiger partial charge in [0.2, 0.25) is 0 Å². The van der Waals surface area contributed by atoms with Crippen molar-refractivity contribution in [1.29, 1.82) is 0 Å². The Labute approximate surface area is 97.7 Å². The molecule has 2 N–H and O–H groups in total. The van der Waals surface area contributed by atoms with Crippen molar-refractivity contribution in [1.82, 2.24) is 9.88 Å². The fourth-order valence-corrected chi connectivity index (χ4v) is 2.47. The molecule has 0 spiro atoms. The van der Waals surface area contributed by atoms with Gasteiger partial charge < -0.3 is 5.73 Å². The van der Waals surface area contributed by atoms with E-state index >= 15 is 0 Å². The van der Waals surface area contributed by atoms with Gasteiger partial charge in [-0.05, 0) is 36.9 Å². The summed E-state index contributed by atoms with van der Waals surface area (Å²) in [4.78, 5) is 6.85. The van der Waals surface area contributed by atoms with Crippen molar-refractivity contribution in [2.24, 2.45) is 11.7 Å². The van der Waals surface area contributed by atoms with Gasteiger partial charge in [-0.25, -0.2) is 0 Å². The van der Waals surface area contributed by atoms with E-state index in [0.29, 0.717) is 6.54 Å². The first-order valence-corrected chi connectivity index (χ1v) is 6.15. The lowest BCUT2D eigenvalue weighted by Gasteiger charge is -2.31. The number of pyridine rings is 1. The summed E-state index contributed by atoms with van der Waals surface area (Å²) in [5.41, 5.74) is 8.04. The number of nitrogens with zero attached hydrogens (tertiary/aromatic N) is 2. The topological polar surface area (TPSA) is 42.2 Å². The van der Waals surface area contributed by atoms with Crippen molar-refractivity contribution >= 4 is 0 Å². The molecule has 1 fully saturated rings. The molecule has 16 heavy (non-hydrogen) atoms. The summed E-state index contributed by atoms with van der Waals surface area (Å²) in [5.74, 6) is 0.826. The second-order valence-corrected chi connectivity index (χ2v) is 4.80. The van der Waals surface area contributed by atoms with E-state index in [1.807, 2.05) is 12.3 Å². The van der Waals surface area contributed by atoms with E-state index in [2.05, 4.69) is 22.9 Å². The molecule has 3 heteroatoms. The number of piperidine rings is 1. The highest BCUT2D eigenvalue weighted by Crippen LogP contribution is 2.18. The van der Waals surface area contributed by atoms with Crippen LogP contribution >= 0.6 is 0 Å². The monoisotopic (exact) mass is 219 g/mol. The molecule has 1 saturated heterocycles. The van der Waals surface area contributed by atoms with Crippen LogP contribution < -0.4 is 5.73 Å². The SMILES string of the molecule is CC1CCCN(Cc2cccnc2CN)C1. The van der Waals surface area contributed by atoms with Gasteiger partial charge in [-0.3, -0.25) is 9.88 Å². The molecule has 1 aliphatic rings. The van der Waals surface area contributed by atoms with Crippen LogP contribution in [0.15, 0.2) is 18.3 Å². The first-order chi connectivity index (χ1) is 7.79. The lowest BCUT2D eigenvalue weighted by Crippen LogP contribution is -2.34. The first-order valence-electron chi connectivity index (χ1n) is 6.15. The van der Waals surface area contributed by atoms with E-state index < -0.39 is 0 Å². The summed E-state index contributed by atoms with van der Waals surface area (Å²) >= 11 is 0. The van der Waals surface area contributed by atoms with Crippen molar-refractivity contribution < 1.29 is 0 Å². The Kier molecular flexibility index (Phi) is 3.91. The summed E-state index contributed by atoms with van der Waals surface area (Å²) in [5, 5.41) is 0. The van der Waals surface area contributed by atoms with Gasteiger partial charge in [-0.1, -0.05) is 13.0 Å². The molecule has 1 atom stereocenters. The summed E-state index contributed by atoms with van der Waals surface area (Å²) in [6.45, 7) is 6.30. The molecule has 88 valence electrons. The number of likely N-dealkylation sites (tertiary alicyclic amines) is 1. The number of aromatic nitrogens is 1. The smallest absolute Gasteiger partial charge is 0.0584 e. The lowest BCUT2D eigenvalue weighted by atomic mass is 9.99. The molecule has 2 rings (SSSR count). The Morgan fingerprint density at radius 2 is 2.44 bits per heavy atom. The molecule has 1 unspecified atom stereocenters. The van der Waals surface area contributed by atoms with Crippen molar-refractivity contribution in [3.8, 4) is 0 Å². The van der Waals surface area contributed by atoms with E-state index in [-0.39, 0.29) is 0 Å². The molecular weight excluding hydrogens is 198 g/mol. The van der Waals surface area contributed by atoms with Crippen molar-refractivity contribution in [2.75, 3.05) is 13.1 Å². The molecule has 0 bridgehead atoms. The number of nitrogens with two attached hydrogens (primary N) is 1. The Morgan fingerprint density at radius 3 is 3.19 bits per heavy atom. The van der Waals surface area contributed by atoms with Gasteiger partial charge in [0.25, 0.3) is 0 Å². The van der Waals surface area contributed by atoms with Gasteiger partial charge in [0.1, 0.15) is 0 Å². The minimum Gasteiger partial charge on any atom is -0.325 e. The molecule has 1 aliphatic heterocycles. The zero-order chi connectivity index (χ0) is 11.4. The molecular formula is C13H21N3. The molecule has 0 radical (unpaired) electrons. The molecule has 1 aromatic heterocycles. The molecule has 0 aliphatic carbocycles. The van der Waals surface area contributed by atoms with E-state index in [9.17, 15) is 0 Å². The number of hydrogen-bond donors (Lipinski definition) is 1. The quantitative estimate of drug-likeness (QED) is 0.842. The number of rotatable bonds is 3. The average Bonchev–Trinajstić information content (AvgIpc) is 2.30. The van der Waals surface area contributed by atoms with Crippen LogP contribution in [-0.4, -0.2) is 23.0 Å². The van der Waals surface area contributed by atoms with Gasteiger partial charge >= 0.3 is 0 Å². The third kappa shape index (κ3) is 2.80. The zero-order valence-electron chi connectivity index (χ0n) is 10.0. The minimum atomic E-state index is 0.541. The average molecular weight is 219 g/mol. The van der Waals surface area contributed by atoms with Gasteiger partial charge in [0.15, 0.2) is 0 Å². The third-order valence-corrected chi connectivity index (χ3v) is 3.31. The molecule has 0 amide bonds. The van der Waals surface area contributed by atoms with Crippen LogP contribution in [0.1, 0.15) is 31.0 Å². The van der Waals surface area contributed by atoms with Gasteiger partial charge in [0, 0.05) is 25.8 Å². The van der Waals surface area contributed by atoms with Crippen molar-refractivity contribution in [3.05, 3.63) is 29.6 Å². The molecule has 2 heterocycles. The predicted molar refractivity (Wildman–Crippen MR) is 65.8 cm³/mol. The van der Waals surface area contributed by atoms with Crippen LogP contribution in [0.25, 0.3) is 0 Å².